The van der Waals surface area contributed by atoms with Crippen molar-refractivity contribution in [3.05, 3.63) is 30.5 Å². The summed E-state index contributed by atoms with van der Waals surface area (Å²) < 4.78 is 0. The van der Waals surface area contributed by atoms with E-state index in [0.717, 1.165) is 55.2 Å². The third-order valence-corrected chi connectivity index (χ3v) is 7.55. The molecule has 3 heterocycles. The van der Waals surface area contributed by atoms with E-state index in [1.165, 1.54) is 32.1 Å². The van der Waals surface area contributed by atoms with Gasteiger partial charge in [0.15, 0.2) is 5.82 Å². The molecule has 2 amide bonds. The molecule has 1 aromatic carbocycles. The Balaban J connectivity index is 0.000000342. The number of rotatable bonds is 5. The number of aromatic nitrogens is 2. The lowest BCUT2D eigenvalue weighted by Gasteiger charge is -2.34. The molecule has 0 spiro atoms. The molecule has 2 N–H and O–H groups in total. The molecule has 200 valence electrons. The van der Waals surface area contributed by atoms with E-state index >= 15 is 0 Å². The molecule has 3 aliphatic rings. The van der Waals surface area contributed by atoms with Crippen molar-refractivity contribution >= 4 is 41.1 Å². The van der Waals surface area contributed by atoms with Crippen LogP contribution in [0.1, 0.15) is 58.8 Å². The van der Waals surface area contributed by atoms with Gasteiger partial charge in [0.1, 0.15) is 5.69 Å². The summed E-state index contributed by atoms with van der Waals surface area (Å²) in [5, 5.41) is 6.46. The number of carbonyl (C=O) groups is 2. The van der Waals surface area contributed by atoms with Crippen molar-refractivity contribution < 1.29 is 9.59 Å². The summed E-state index contributed by atoms with van der Waals surface area (Å²) in [5.41, 5.74) is 2.24. The van der Waals surface area contributed by atoms with Crippen LogP contribution in [0.4, 0.5) is 28.8 Å². The maximum absolute atomic E-state index is 13.1. The van der Waals surface area contributed by atoms with Crippen LogP contribution in [0, 0.1) is 5.41 Å². The number of hydrogen-bond acceptors (Lipinski definition) is 7. The zero-order chi connectivity index (χ0) is 26.4. The second-order valence-corrected chi connectivity index (χ2v) is 10.9. The van der Waals surface area contributed by atoms with Crippen molar-refractivity contribution in [2.24, 2.45) is 5.41 Å². The lowest BCUT2D eigenvalue weighted by molar-refractivity contribution is -0.125. The topological polar surface area (TPSA) is 93.7 Å². The van der Waals surface area contributed by atoms with E-state index in [1.54, 1.807) is 11.1 Å². The summed E-state index contributed by atoms with van der Waals surface area (Å²) in [5.74, 6) is 1.49. The number of nitrogens with zero attached hydrogens (tertiary/aromatic N) is 5. The molecule has 2 aromatic rings. The molecule has 1 aromatic heterocycles. The molecule has 5 rings (SSSR count). The third-order valence-electron chi connectivity index (χ3n) is 7.55. The minimum Gasteiger partial charge on any atom is -0.388 e. The minimum atomic E-state index is -0.479. The van der Waals surface area contributed by atoms with Gasteiger partial charge in [-0.05, 0) is 64.2 Å². The molecular formula is C28H41N7O2. The molecule has 37 heavy (non-hydrogen) atoms. The summed E-state index contributed by atoms with van der Waals surface area (Å²) in [6, 6.07) is 8.42. The maximum atomic E-state index is 13.1. The molecule has 0 atom stereocenters. The van der Waals surface area contributed by atoms with Gasteiger partial charge in [0.25, 0.3) is 0 Å². The van der Waals surface area contributed by atoms with Crippen LogP contribution in [0.2, 0.25) is 0 Å². The number of piperidine rings is 1. The Kier molecular flexibility index (Phi) is 8.51. The number of amides is 2. The van der Waals surface area contributed by atoms with E-state index in [4.69, 9.17) is 4.98 Å². The molecule has 1 saturated heterocycles. The SMILES string of the molecule is CNc1cccc(Nc2ncc3c(n2)N(C2CCCC2)CC(C)(C)C(=O)N3C)c1.O=CN1CCCCC1. The highest BCUT2D eigenvalue weighted by molar-refractivity contribution is 6.00. The highest BCUT2D eigenvalue weighted by atomic mass is 16.2. The third kappa shape index (κ3) is 6.32. The Labute approximate surface area is 220 Å². The number of carbonyl (C=O) groups excluding carboxylic acids is 2. The van der Waals surface area contributed by atoms with Gasteiger partial charge in [0, 0.05) is 51.1 Å². The van der Waals surface area contributed by atoms with Crippen molar-refractivity contribution in [2.45, 2.75) is 64.8 Å². The summed E-state index contributed by atoms with van der Waals surface area (Å²) in [4.78, 5) is 38.5. The summed E-state index contributed by atoms with van der Waals surface area (Å²) in [6.07, 6.45) is 11.1. The molecule has 0 radical (unpaired) electrons. The molecule has 1 saturated carbocycles. The molecule has 0 bridgehead atoms. The van der Waals surface area contributed by atoms with Gasteiger partial charge in [-0.1, -0.05) is 18.9 Å². The Hall–Kier alpha value is -3.36. The molecule has 2 fully saturated rings. The fraction of sp³-hybridized carbons (Fsp3) is 0.571. The molecule has 9 heteroatoms. The van der Waals surface area contributed by atoms with Crippen LogP contribution in [-0.4, -0.2) is 67.0 Å². The van der Waals surface area contributed by atoms with Crippen LogP contribution >= 0.6 is 0 Å². The first-order valence-corrected chi connectivity index (χ1v) is 13.5. The molecule has 0 unspecified atom stereocenters. The van der Waals surface area contributed by atoms with E-state index in [1.807, 2.05) is 57.1 Å². The van der Waals surface area contributed by atoms with Crippen LogP contribution in [0.15, 0.2) is 30.5 Å². The monoisotopic (exact) mass is 507 g/mol. The standard InChI is InChI=1S/C22H30N6O.C6H11NO/c1-22(2)14-28(17-10-5-6-11-17)19-18(27(4)20(22)29)13-24-21(26-19)25-16-9-7-8-15(12-16)23-3;8-6-7-4-2-1-3-5-7/h7-9,12-13,17,23H,5-6,10-11,14H2,1-4H3,(H,24,25,26);6H,1-5H2. The molecule has 9 nitrogen and oxygen atoms in total. The lowest BCUT2D eigenvalue weighted by atomic mass is 9.91. The van der Waals surface area contributed by atoms with Gasteiger partial charge in [0.05, 0.1) is 11.6 Å². The zero-order valence-corrected chi connectivity index (χ0v) is 22.7. The number of hydrogen-bond donors (Lipinski definition) is 2. The zero-order valence-electron chi connectivity index (χ0n) is 22.7. The van der Waals surface area contributed by atoms with Gasteiger partial charge in [-0.2, -0.15) is 4.98 Å². The number of nitrogens with one attached hydrogen (secondary N) is 2. The number of fused-ring (bicyclic) bond motifs is 1. The highest BCUT2D eigenvalue weighted by Gasteiger charge is 2.41. The Morgan fingerprint density at radius 3 is 2.41 bits per heavy atom. The molecule has 1 aliphatic carbocycles. The van der Waals surface area contributed by atoms with Crippen LogP contribution in [-0.2, 0) is 9.59 Å². The smallest absolute Gasteiger partial charge is 0.234 e. The average Bonchev–Trinajstić information content (AvgIpc) is 3.44. The highest BCUT2D eigenvalue weighted by Crippen LogP contribution is 2.40. The van der Waals surface area contributed by atoms with Crippen molar-refractivity contribution in [1.29, 1.82) is 0 Å². The summed E-state index contributed by atoms with van der Waals surface area (Å²) in [6.45, 7) is 6.66. The van der Waals surface area contributed by atoms with Gasteiger partial charge in [-0.3, -0.25) is 9.59 Å². The van der Waals surface area contributed by atoms with Crippen LogP contribution in [0.25, 0.3) is 0 Å². The second-order valence-electron chi connectivity index (χ2n) is 10.9. The Morgan fingerprint density at radius 2 is 1.76 bits per heavy atom. The molecular weight excluding hydrogens is 466 g/mol. The van der Waals surface area contributed by atoms with Crippen molar-refractivity contribution in [1.82, 2.24) is 14.9 Å². The number of benzene rings is 1. The van der Waals surface area contributed by atoms with Gasteiger partial charge < -0.3 is 25.3 Å². The van der Waals surface area contributed by atoms with E-state index in [9.17, 15) is 9.59 Å². The van der Waals surface area contributed by atoms with Crippen molar-refractivity contribution in [2.75, 3.05) is 54.2 Å². The summed E-state index contributed by atoms with van der Waals surface area (Å²) >= 11 is 0. The van der Waals surface area contributed by atoms with E-state index in [2.05, 4.69) is 20.5 Å². The maximum Gasteiger partial charge on any atom is 0.234 e. The van der Waals surface area contributed by atoms with E-state index in [-0.39, 0.29) is 5.91 Å². The van der Waals surface area contributed by atoms with Crippen molar-refractivity contribution in [3.63, 3.8) is 0 Å². The van der Waals surface area contributed by atoms with E-state index < -0.39 is 5.41 Å². The van der Waals surface area contributed by atoms with Crippen LogP contribution < -0.4 is 20.4 Å². The quantitative estimate of drug-likeness (QED) is 0.569. The Bertz CT molecular complexity index is 1080. The van der Waals surface area contributed by atoms with Crippen LogP contribution in [0.5, 0.6) is 0 Å². The first-order valence-electron chi connectivity index (χ1n) is 13.5. The fourth-order valence-corrected chi connectivity index (χ4v) is 5.43. The minimum absolute atomic E-state index is 0.102. The Morgan fingerprint density at radius 1 is 1.05 bits per heavy atom. The van der Waals surface area contributed by atoms with Gasteiger partial charge in [-0.25, -0.2) is 4.98 Å². The fourth-order valence-electron chi connectivity index (χ4n) is 5.43. The predicted molar refractivity (Wildman–Crippen MR) is 150 cm³/mol. The first-order chi connectivity index (χ1) is 17.8. The normalized spacial score (nSPS) is 19.5. The van der Waals surface area contributed by atoms with Gasteiger partial charge >= 0.3 is 0 Å². The summed E-state index contributed by atoms with van der Waals surface area (Å²) in [7, 11) is 3.72. The number of anilines is 5. The average molecular weight is 508 g/mol. The first kappa shape index (κ1) is 26.7. The van der Waals surface area contributed by atoms with Gasteiger partial charge in [0.2, 0.25) is 18.3 Å². The predicted octanol–water partition coefficient (Wildman–Crippen LogP) is 4.64. The lowest BCUT2D eigenvalue weighted by Crippen LogP contribution is -2.45. The molecule has 2 aliphatic heterocycles. The number of likely N-dealkylation sites (tertiary alicyclic amines) is 1. The van der Waals surface area contributed by atoms with Crippen LogP contribution in [0.3, 0.4) is 0 Å². The van der Waals surface area contributed by atoms with Crippen molar-refractivity contribution in [3.8, 4) is 0 Å². The second kappa shape index (κ2) is 11.8. The largest absolute Gasteiger partial charge is 0.388 e. The van der Waals surface area contributed by atoms with E-state index in [0.29, 0.717) is 18.5 Å². The van der Waals surface area contributed by atoms with Gasteiger partial charge in [-0.15, -0.1) is 0 Å².